The van der Waals surface area contributed by atoms with Gasteiger partial charge in [0.2, 0.25) is 0 Å². The molecule has 1 fully saturated rings. The third-order valence-electron chi connectivity index (χ3n) is 5.74. The Bertz CT molecular complexity index is 563. The van der Waals surface area contributed by atoms with Crippen LogP contribution in [-0.4, -0.2) is 24.5 Å². The number of benzene rings is 2. The van der Waals surface area contributed by atoms with E-state index >= 15 is 0 Å². The van der Waals surface area contributed by atoms with Crippen LogP contribution in [0.3, 0.4) is 0 Å². The van der Waals surface area contributed by atoms with Gasteiger partial charge in [-0.1, -0.05) is 92.8 Å². The molecule has 0 radical (unpaired) electrons. The summed E-state index contributed by atoms with van der Waals surface area (Å²) in [5, 5.41) is 3.47. The first-order chi connectivity index (χ1) is 12.8. The molecule has 1 atom stereocenters. The molecule has 0 bridgehead atoms. The summed E-state index contributed by atoms with van der Waals surface area (Å²) >= 11 is 0. The molecule has 140 valence electrons. The van der Waals surface area contributed by atoms with Crippen LogP contribution in [0.2, 0.25) is 0 Å². The summed E-state index contributed by atoms with van der Waals surface area (Å²) in [4.78, 5) is 2.69. The molecule has 1 N–H and O–H groups in total. The molecule has 0 aliphatic heterocycles. The van der Waals surface area contributed by atoms with Gasteiger partial charge in [0.1, 0.15) is 0 Å². The van der Waals surface area contributed by atoms with Crippen LogP contribution in [0.5, 0.6) is 0 Å². The van der Waals surface area contributed by atoms with E-state index in [1.807, 2.05) is 0 Å². The van der Waals surface area contributed by atoms with Crippen LogP contribution in [0.15, 0.2) is 60.7 Å². The first kappa shape index (κ1) is 19.1. The topological polar surface area (TPSA) is 15.3 Å². The van der Waals surface area contributed by atoms with Crippen molar-refractivity contribution in [3.8, 4) is 0 Å². The zero-order valence-electron chi connectivity index (χ0n) is 16.2. The minimum atomic E-state index is 0.587. The summed E-state index contributed by atoms with van der Waals surface area (Å²) in [5.74, 6) is 0.899. The Morgan fingerprint density at radius 2 is 1.38 bits per heavy atom. The van der Waals surface area contributed by atoms with Gasteiger partial charge >= 0.3 is 0 Å². The van der Waals surface area contributed by atoms with Crippen LogP contribution in [0.4, 0.5) is 0 Å². The Hall–Kier alpha value is -1.64. The summed E-state index contributed by atoms with van der Waals surface area (Å²) < 4.78 is 0. The van der Waals surface area contributed by atoms with Crippen LogP contribution >= 0.6 is 0 Å². The van der Waals surface area contributed by atoms with E-state index in [-0.39, 0.29) is 0 Å². The monoisotopic (exact) mass is 350 g/mol. The quantitative estimate of drug-likeness (QED) is 0.665. The lowest BCUT2D eigenvalue weighted by atomic mass is 9.84. The Morgan fingerprint density at radius 1 is 0.846 bits per heavy atom. The largest absolute Gasteiger partial charge is 0.318 e. The number of nitrogens with one attached hydrogen (secondary N) is 1. The molecule has 3 rings (SSSR count). The van der Waals surface area contributed by atoms with Crippen LogP contribution in [0.1, 0.15) is 49.7 Å². The van der Waals surface area contributed by atoms with E-state index in [1.54, 1.807) is 0 Å². The van der Waals surface area contributed by atoms with E-state index in [4.69, 9.17) is 0 Å². The fourth-order valence-electron chi connectivity index (χ4n) is 4.35. The van der Waals surface area contributed by atoms with E-state index in [0.717, 1.165) is 25.6 Å². The van der Waals surface area contributed by atoms with E-state index in [9.17, 15) is 0 Å². The molecular formula is C24H34N2. The molecule has 0 spiro atoms. The second-order valence-electron chi connectivity index (χ2n) is 7.83. The Morgan fingerprint density at radius 3 is 1.88 bits per heavy atom. The summed E-state index contributed by atoms with van der Waals surface area (Å²) in [6, 6.07) is 22.5. The van der Waals surface area contributed by atoms with Crippen molar-refractivity contribution < 1.29 is 0 Å². The van der Waals surface area contributed by atoms with Gasteiger partial charge in [-0.3, -0.25) is 4.90 Å². The summed E-state index contributed by atoms with van der Waals surface area (Å²) in [5.41, 5.74) is 2.82. The molecule has 0 aromatic heterocycles. The lowest BCUT2D eigenvalue weighted by Crippen LogP contribution is -2.42. The predicted molar refractivity (Wildman–Crippen MR) is 111 cm³/mol. The van der Waals surface area contributed by atoms with Crippen molar-refractivity contribution in [3.05, 3.63) is 71.8 Å². The van der Waals surface area contributed by atoms with E-state index in [0.29, 0.717) is 6.04 Å². The molecule has 1 aliphatic rings. The third kappa shape index (κ3) is 5.96. The van der Waals surface area contributed by atoms with Crippen LogP contribution < -0.4 is 5.32 Å². The fraction of sp³-hybridized carbons (Fsp3) is 0.500. The van der Waals surface area contributed by atoms with E-state index in [2.05, 4.69) is 77.9 Å². The molecular weight excluding hydrogens is 316 g/mol. The van der Waals surface area contributed by atoms with Gasteiger partial charge in [0.25, 0.3) is 0 Å². The molecule has 0 saturated heterocycles. The zero-order valence-corrected chi connectivity index (χ0v) is 16.2. The maximum atomic E-state index is 3.47. The van der Waals surface area contributed by atoms with Crippen molar-refractivity contribution in [1.29, 1.82) is 0 Å². The van der Waals surface area contributed by atoms with Crippen LogP contribution in [0.25, 0.3) is 0 Å². The predicted octanol–water partition coefficient (Wildman–Crippen LogP) is 5.25. The minimum absolute atomic E-state index is 0.587. The van der Waals surface area contributed by atoms with Gasteiger partial charge in [-0.15, -0.1) is 0 Å². The zero-order chi connectivity index (χ0) is 18.0. The Kier molecular flexibility index (Phi) is 7.72. The minimum Gasteiger partial charge on any atom is -0.318 e. The van der Waals surface area contributed by atoms with Crippen molar-refractivity contribution in [2.75, 3.05) is 13.6 Å². The maximum Gasteiger partial charge on any atom is 0.0240 e. The van der Waals surface area contributed by atoms with E-state index in [1.165, 1.54) is 49.7 Å². The van der Waals surface area contributed by atoms with Crippen molar-refractivity contribution in [3.63, 3.8) is 0 Å². The Labute approximate surface area is 159 Å². The normalized spacial score (nSPS) is 16.7. The maximum absolute atomic E-state index is 3.47. The van der Waals surface area contributed by atoms with Gasteiger partial charge in [0, 0.05) is 25.7 Å². The molecule has 2 aromatic rings. The first-order valence-electron chi connectivity index (χ1n) is 10.3. The standard InChI is InChI=1S/C24H34N2/c1-25-18-24(17-21-11-5-2-6-12-21)26(19-22-13-7-3-8-14-22)20-23-15-9-4-10-16-23/h3-4,7-10,13-16,21,24-25H,2,5-6,11-12,17-20H2,1H3. The highest BCUT2D eigenvalue weighted by molar-refractivity contribution is 5.17. The average Bonchev–Trinajstić information content (AvgIpc) is 2.70. The number of nitrogens with zero attached hydrogens (tertiary/aromatic N) is 1. The van der Waals surface area contributed by atoms with Crippen molar-refractivity contribution >= 4 is 0 Å². The summed E-state index contributed by atoms with van der Waals surface area (Å²) in [7, 11) is 2.09. The molecule has 0 heterocycles. The smallest absolute Gasteiger partial charge is 0.0240 e. The second kappa shape index (κ2) is 10.5. The Balaban J connectivity index is 1.75. The van der Waals surface area contributed by atoms with Gasteiger partial charge in [-0.25, -0.2) is 0 Å². The highest BCUT2D eigenvalue weighted by Crippen LogP contribution is 2.29. The molecule has 0 amide bonds. The number of hydrogen-bond acceptors (Lipinski definition) is 2. The molecule has 2 nitrogen and oxygen atoms in total. The average molecular weight is 351 g/mol. The SMILES string of the molecule is CNCC(CC1CCCCC1)N(Cc1ccccc1)Cc1ccccc1. The first-order valence-corrected chi connectivity index (χ1v) is 10.3. The molecule has 1 saturated carbocycles. The fourth-order valence-corrected chi connectivity index (χ4v) is 4.35. The number of rotatable bonds is 9. The molecule has 26 heavy (non-hydrogen) atoms. The molecule has 2 heteroatoms. The highest BCUT2D eigenvalue weighted by Gasteiger charge is 2.24. The van der Waals surface area contributed by atoms with Crippen molar-refractivity contribution in [2.24, 2.45) is 5.92 Å². The van der Waals surface area contributed by atoms with Gasteiger partial charge in [-0.2, -0.15) is 0 Å². The van der Waals surface area contributed by atoms with Crippen molar-refractivity contribution in [1.82, 2.24) is 10.2 Å². The van der Waals surface area contributed by atoms with Gasteiger partial charge < -0.3 is 5.32 Å². The molecule has 1 aliphatic carbocycles. The highest BCUT2D eigenvalue weighted by atomic mass is 15.2. The number of likely N-dealkylation sites (N-methyl/N-ethyl adjacent to an activating group) is 1. The van der Waals surface area contributed by atoms with Gasteiger partial charge in [-0.05, 0) is 30.5 Å². The number of hydrogen-bond donors (Lipinski definition) is 1. The summed E-state index contributed by atoms with van der Waals surface area (Å²) in [6.07, 6.45) is 8.45. The molecule has 1 unspecified atom stereocenters. The summed E-state index contributed by atoms with van der Waals surface area (Å²) in [6.45, 7) is 3.11. The van der Waals surface area contributed by atoms with E-state index < -0.39 is 0 Å². The van der Waals surface area contributed by atoms with Crippen LogP contribution in [0, 0.1) is 5.92 Å². The second-order valence-corrected chi connectivity index (χ2v) is 7.83. The lowest BCUT2D eigenvalue weighted by molar-refractivity contribution is 0.139. The lowest BCUT2D eigenvalue weighted by Gasteiger charge is -2.35. The molecule has 2 aromatic carbocycles. The van der Waals surface area contributed by atoms with Crippen molar-refractivity contribution in [2.45, 2.75) is 57.7 Å². The third-order valence-corrected chi connectivity index (χ3v) is 5.74. The van der Waals surface area contributed by atoms with Crippen LogP contribution in [-0.2, 0) is 13.1 Å². The van der Waals surface area contributed by atoms with Gasteiger partial charge in [0.05, 0.1) is 0 Å². The van der Waals surface area contributed by atoms with Gasteiger partial charge in [0.15, 0.2) is 0 Å².